The molecule has 86 valence electrons. The fourth-order valence-corrected chi connectivity index (χ4v) is 1.29. The first-order valence-electron chi connectivity index (χ1n) is 4.30. The van der Waals surface area contributed by atoms with Gasteiger partial charge in [0.1, 0.15) is 9.70 Å². The maximum absolute atomic E-state index is 10.3. The number of hydrazone groups is 1. The molecule has 1 rings (SSSR count). The van der Waals surface area contributed by atoms with Gasteiger partial charge in [0, 0.05) is 14.1 Å². The smallest absolute Gasteiger partial charge is 0.275 e. The summed E-state index contributed by atoms with van der Waals surface area (Å²) in [6.45, 7) is 0. The van der Waals surface area contributed by atoms with Crippen LogP contribution in [-0.4, -0.2) is 30.1 Å². The fourth-order valence-electron chi connectivity index (χ4n) is 1.05. The summed E-state index contributed by atoms with van der Waals surface area (Å²) in [6, 6.07) is 3.51. The Morgan fingerprint density at radius 1 is 1.69 bits per heavy atom. The molecular formula is C8H10BrN5O2. The number of hydrogen-bond donors (Lipinski definition) is 1. The van der Waals surface area contributed by atoms with Crippen LogP contribution in [0.1, 0.15) is 0 Å². The van der Waals surface area contributed by atoms with E-state index in [0.29, 0.717) is 10.3 Å². The Morgan fingerprint density at radius 3 is 2.81 bits per heavy atom. The summed E-state index contributed by atoms with van der Waals surface area (Å²) in [5, 5.41) is 15.4. The minimum Gasteiger partial charge on any atom is -0.354 e. The molecule has 0 amide bonds. The van der Waals surface area contributed by atoms with Crippen molar-refractivity contribution in [2.75, 3.05) is 19.0 Å². The molecule has 1 aromatic rings. The lowest BCUT2D eigenvalue weighted by Gasteiger charge is -2.17. The molecule has 0 unspecified atom stereocenters. The molecule has 0 spiro atoms. The van der Waals surface area contributed by atoms with Crippen molar-refractivity contribution < 1.29 is 5.03 Å². The first-order valence-corrected chi connectivity index (χ1v) is 5.10. The van der Waals surface area contributed by atoms with Gasteiger partial charge in [0.15, 0.2) is 5.03 Å². The maximum Gasteiger partial charge on any atom is 0.275 e. The summed E-state index contributed by atoms with van der Waals surface area (Å²) in [5.74, 6) is 0.133. The van der Waals surface area contributed by atoms with Crippen molar-refractivity contribution in [3.05, 3.63) is 33.0 Å². The van der Waals surface area contributed by atoms with Crippen molar-refractivity contribution >= 4 is 27.6 Å². The molecule has 0 saturated heterocycles. The van der Waals surface area contributed by atoms with Crippen LogP contribution in [0.3, 0.4) is 0 Å². The highest BCUT2D eigenvalue weighted by atomic mass is 79.9. The highest BCUT2D eigenvalue weighted by molar-refractivity contribution is 9.10. The molecule has 16 heavy (non-hydrogen) atoms. The summed E-state index contributed by atoms with van der Waals surface area (Å²) in [5.41, 5.74) is 0.693. The number of nitrogens with one attached hydrogen (secondary N) is 1. The zero-order valence-electron chi connectivity index (χ0n) is 8.72. The van der Waals surface area contributed by atoms with Gasteiger partial charge in [-0.15, -0.1) is 0 Å². The molecular weight excluding hydrogens is 278 g/mol. The van der Waals surface area contributed by atoms with Crippen molar-refractivity contribution in [2.45, 2.75) is 0 Å². The van der Waals surface area contributed by atoms with Gasteiger partial charge < -0.3 is 10.2 Å². The topological polar surface area (TPSA) is 83.7 Å². The van der Waals surface area contributed by atoms with Crippen LogP contribution in [0.2, 0.25) is 0 Å². The largest absolute Gasteiger partial charge is 0.354 e. The average Bonchev–Trinajstić information content (AvgIpc) is 2.25. The number of rotatable bonds is 2. The van der Waals surface area contributed by atoms with E-state index >= 15 is 0 Å². The van der Waals surface area contributed by atoms with Crippen LogP contribution in [0.5, 0.6) is 0 Å². The van der Waals surface area contributed by atoms with Gasteiger partial charge in [0.05, 0.1) is 11.9 Å². The predicted octanol–water partition coefficient (Wildman–Crippen LogP) is 1.05. The van der Waals surface area contributed by atoms with Crippen molar-refractivity contribution in [1.82, 2.24) is 10.3 Å². The fraction of sp³-hybridized carbons (Fsp3) is 0.250. The van der Waals surface area contributed by atoms with Gasteiger partial charge in [0.2, 0.25) is 0 Å². The number of halogens is 1. The van der Waals surface area contributed by atoms with Crippen LogP contribution >= 0.6 is 15.9 Å². The van der Waals surface area contributed by atoms with E-state index in [0.717, 1.165) is 0 Å². The van der Waals surface area contributed by atoms with Gasteiger partial charge in [-0.1, -0.05) is 0 Å². The Bertz CT molecular complexity index is 405. The molecule has 0 aliphatic rings. The Balaban J connectivity index is 2.95. The molecule has 0 bridgehead atoms. The number of aromatic nitrogens is 1. The number of pyridine rings is 1. The summed E-state index contributed by atoms with van der Waals surface area (Å²) in [7, 11) is 3.22. The van der Waals surface area contributed by atoms with E-state index < -0.39 is 5.03 Å². The van der Waals surface area contributed by atoms with E-state index in [2.05, 4.69) is 31.3 Å². The second-order valence-corrected chi connectivity index (χ2v) is 3.62. The minimum atomic E-state index is -0.755. The molecule has 0 atom stereocenters. The van der Waals surface area contributed by atoms with E-state index in [1.54, 1.807) is 32.4 Å². The minimum absolute atomic E-state index is 0.133. The van der Waals surface area contributed by atoms with Crippen molar-refractivity contribution in [3.63, 3.8) is 0 Å². The highest BCUT2D eigenvalue weighted by Gasteiger charge is 2.11. The molecule has 1 heterocycles. The molecule has 0 radical (unpaired) electrons. The Kier molecular flexibility index (Phi) is 4.18. The molecule has 0 saturated carbocycles. The van der Waals surface area contributed by atoms with E-state index in [9.17, 15) is 10.1 Å². The van der Waals surface area contributed by atoms with E-state index in [-0.39, 0.29) is 5.96 Å². The Hall–Kier alpha value is -1.70. The lowest BCUT2D eigenvalue weighted by molar-refractivity contribution is -0.485. The third kappa shape index (κ3) is 3.16. The van der Waals surface area contributed by atoms with Crippen LogP contribution in [0.4, 0.5) is 5.69 Å². The maximum atomic E-state index is 10.3. The van der Waals surface area contributed by atoms with Crippen LogP contribution in [-0.2, 0) is 0 Å². The molecule has 0 aromatic carbocycles. The number of hydrogen-bond acceptors (Lipinski definition) is 3. The summed E-state index contributed by atoms with van der Waals surface area (Å²) < 4.78 is 0.696. The summed E-state index contributed by atoms with van der Waals surface area (Å²) in [6.07, 6.45) is 1.58. The van der Waals surface area contributed by atoms with Crippen LogP contribution < -0.4 is 10.2 Å². The lowest BCUT2D eigenvalue weighted by atomic mass is 10.4. The van der Waals surface area contributed by atoms with Crippen LogP contribution in [0, 0.1) is 10.1 Å². The molecule has 0 fully saturated rings. The first-order chi connectivity index (χ1) is 7.54. The third-order valence-corrected chi connectivity index (χ3v) is 2.29. The van der Waals surface area contributed by atoms with Gasteiger partial charge in [-0.2, -0.15) is 0 Å². The van der Waals surface area contributed by atoms with Crippen molar-refractivity contribution in [1.29, 1.82) is 0 Å². The van der Waals surface area contributed by atoms with Gasteiger partial charge in [-0.25, -0.2) is 15.1 Å². The molecule has 1 aromatic heterocycles. The molecule has 0 aliphatic heterocycles. The van der Waals surface area contributed by atoms with Gasteiger partial charge in [0.25, 0.3) is 5.96 Å². The summed E-state index contributed by atoms with van der Waals surface area (Å²) >= 11 is 3.21. The third-order valence-electron chi connectivity index (χ3n) is 1.82. The molecule has 7 nitrogen and oxygen atoms in total. The lowest BCUT2D eigenvalue weighted by Crippen LogP contribution is -2.37. The Labute approximate surface area is 100 Å². The van der Waals surface area contributed by atoms with Crippen molar-refractivity contribution in [3.8, 4) is 0 Å². The Morgan fingerprint density at radius 2 is 2.38 bits per heavy atom. The van der Waals surface area contributed by atoms with Gasteiger partial charge >= 0.3 is 0 Å². The molecule has 8 heteroatoms. The van der Waals surface area contributed by atoms with Crippen LogP contribution in [0.15, 0.2) is 28.0 Å². The van der Waals surface area contributed by atoms with E-state index in [1.165, 1.54) is 4.90 Å². The second-order valence-electron chi connectivity index (χ2n) is 2.81. The average molecular weight is 288 g/mol. The van der Waals surface area contributed by atoms with Crippen LogP contribution in [0.25, 0.3) is 0 Å². The van der Waals surface area contributed by atoms with Gasteiger partial charge in [-0.3, -0.25) is 0 Å². The highest BCUT2D eigenvalue weighted by Crippen LogP contribution is 2.14. The first kappa shape index (κ1) is 12.4. The normalized spacial score (nSPS) is 11.1. The monoisotopic (exact) mass is 287 g/mol. The molecule has 0 aliphatic carbocycles. The number of nitro groups is 1. The predicted molar refractivity (Wildman–Crippen MR) is 63.8 cm³/mol. The standard InChI is InChI=1S/C8H10BrN5O2/c1-10-8(12-14(15)16)13(2)6-3-4-7(9)11-5-6/h3-5H,1-2H3,(H,10,12). The number of guanidine groups is 1. The zero-order chi connectivity index (χ0) is 12.1. The second kappa shape index (κ2) is 5.40. The SMILES string of the molecule is CNC(=N[N+](=O)[O-])N(C)c1ccc(Br)nc1. The summed E-state index contributed by atoms with van der Waals surface area (Å²) in [4.78, 5) is 15.8. The van der Waals surface area contributed by atoms with E-state index in [1.807, 2.05) is 0 Å². The molecule has 1 N–H and O–H groups in total. The van der Waals surface area contributed by atoms with E-state index in [4.69, 9.17) is 0 Å². The van der Waals surface area contributed by atoms with Crippen molar-refractivity contribution in [2.24, 2.45) is 5.10 Å². The zero-order valence-corrected chi connectivity index (χ0v) is 10.3. The quantitative estimate of drug-likeness (QED) is 0.289. The van der Waals surface area contributed by atoms with Gasteiger partial charge in [-0.05, 0) is 28.1 Å². The number of anilines is 1. The number of nitrogens with zero attached hydrogens (tertiary/aromatic N) is 4.